The fourth-order valence-electron chi connectivity index (χ4n) is 3.33. The summed E-state index contributed by atoms with van der Waals surface area (Å²) in [4.78, 5) is 38.5. The number of hydrogen-bond donors (Lipinski definition) is 1. The number of nitrogens with zero attached hydrogens (tertiary/aromatic N) is 3. The van der Waals surface area contributed by atoms with Crippen LogP contribution in [0.3, 0.4) is 0 Å². The smallest absolute Gasteiger partial charge is 0.416 e. The highest BCUT2D eigenvalue weighted by Gasteiger charge is 2.50. The number of carbonyl (C=O) groups is 3. The van der Waals surface area contributed by atoms with Crippen molar-refractivity contribution in [1.29, 1.82) is 0 Å². The molecule has 188 valence electrons. The lowest BCUT2D eigenvalue weighted by molar-refractivity contribution is -0.165. The van der Waals surface area contributed by atoms with E-state index in [1.54, 1.807) is 26.0 Å². The van der Waals surface area contributed by atoms with Gasteiger partial charge < -0.3 is 14.4 Å². The van der Waals surface area contributed by atoms with E-state index >= 15 is 0 Å². The van der Waals surface area contributed by atoms with Crippen molar-refractivity contribution in [1.82, 2.24) is 14.9 Å². The van der Waals surface area contributed by atoms with Crippen LogP contribution in [0.5, 0.6) is 17.2 Å². The van der Waals surface area contributed by atoms with Gasteiger partial charge in [-0.15, -0.1) is 0 Å². The molecule has 9 nitrogen and oxygen atoms in total. The molecule has 0 spiro atoms. The molecule has 1 N–H and O–H groups in total. The van der Waals surface area contributed by atoms with Gasteiger partial charge in [-0.3, -0.25) is 19.7 Å². The first-order chi connectivity index (χ1) is 16.4. The van der Waals surface area contributed by atoms with Crippen LogP contribution < -0.4 is 9.47 Å². The molecule has 3 rings (SSSR count). The molecule has 0 aliphatic carbocycles. The van der Waals surface area contributed by atoms with Gasteiger partial charge >= 0.3 is 12.2 Å². The van der Waals surface area contributed by atoms with Crippen molar-refractivity contribution in [2.75, 3.05) is 20.2 Å². The van der Waals surface area contributed by atoms with E-state index in [1.807, 2.05) is 0 Å². The number of alkyl halides is 3. The number of urea groups is 1. The Hall–Kier alpha value is -3.80. The monoisotopic (exact) mass is 495 g/mol. The van der Waals surface area contributed by atoms with Crippen LogP contribution in [-0.2, 0) is 15.8 Å². The molecule has 12 heteroatoms. The minimum absolute atomic E-state index is 0.124. The molecule has 2 aromatic carbocycles. The fraction of sp³-hybridized carbons (Fsp3) is 0.348. The molecule has 0 aromatic heterocycles. The molecule has 1 saturated heterocycles. The Morgan fingerprint density at radius 1 is 1.09 bits per heavy atom. The third-order valence-electron chi connectivity index (χ3n) is 5.69. The quantitative estimate of drug-likeness (QED) is 0.246. The molecular formula is C23H24F3N3O6. The van der Waals surface area contributed by atoms with E-state index in [1.165, 1.54) is 24.1 Å². The number of carbonyl (C=O) groups excluding carboxylic acids is 3. The number of benzene rings is 2. The van der Waals surface area contributed by atoms with E-state index in [0.29, 0.717) is 5.06 Å². The number of hydroxylamine groups is 2. The average Bonchev–Trinajstić information content (AvgIpc) is 2.96. The number of halogens is 3. The summed E-state index contributed by atoms with van der Waals surface area (Å²) in [6.45, 7) is 2.49. The molecule has 4 amide bonds. The summed E-state index contributed by atoms with van der Waals surface area (Å²) >= 11 is 0. The highest BCUT2D eigenvalue weighted by molar-refractivity contribution is 6.06. The van der Waals surface area contributed by atoms with Crippen molar-refractivity contribution in [3.63, 3.8) is 0 Å². The van der Waals surface area contributed by atoms with Gasteiger partial charge in [-0.05, 0) is 50.2 Å². The molecular weight excluding hydrogens is 471 g/mol. The second-order valence-corrected chi connectivity index (χ2v) is 8.34. The summed E-state index contributed by atoms with van der Waals surface area (Å²) in [5.74, 6) is -0.0508. The SMILES string of the molecule is CN1C(=O)N(CC(COc2ccccc2Oc2ccc(C(F)(F)F)cc2)N(O)C=O)C(=O)C1(C)C. The van der Waals surface area contributed by atoms with Crippen molar-refractivity contribution in [2.24, 2.45) is 0 Å². The Kier molecular flexibility index (Phi) is 7.25. The molecule has 1 atom stereocenters. The fourth-order valence-corrected chi connectivity index (χ4v) is 3.33. The maximum atomic E-state index is 12.8. The number of hydrogen-bond acceptors (Lipinski definition) is 6. The van der Waals surface area contributed by atoms with Gasteiger partial charge in [0.2, 0.25) is 6.41 Å². The van der Waals surface area contributed by atoms with Crippen LogP contribution in [-0.4, -0.2) is 70.2 Å². The molecule has 0 saturated carbocycles. The Labute approximate surface area is 199 Å². The van der Waals surface area contributed by atoms with Crippen molar-refractivity contribution in [3.8, 4) is 17.2 Å². The molecule has 35 heavy (non-hydrogen) atoms. The average molecular weight is 495 g/mol. The summed E-state index contributed by atoms with van der Waals surface area (Å²) in [6, 6.07) is 8.65. The van der Waals surface area contributed by atoms with Gasteiger partial charge in [0.1, 0.15) is 23.9 Å². The number of rotatable bonds is 9. The van der Waals surface area contributed by atoms with Gasteiger partial charge in [0.15, 0.2) is 11.5 Å². The molecule has 1 unspecified atom stereocenters. The molecule has 0 radical (unpaired) electrons. The highest BCUT2D eigenvalue weighted by atomic mass is 19.4. The number of imide groups is 1. The van der Waals surface area contributed by atoms with E-state index in [2.05, 4.69) is 0 Å². The standard InChI is InChI=1S/C23H24F3N3O6/c1-22(2)20(31)28(21(32)27(22)3)12-16(29(33)14-30)13-34-18-6-4-5-7-19(18)35-17-10-8-15(9-11-17)23(24,25)26/h4-11,14,16,33H,12-13H2,1-3H3. The summed E-state index contributed by atoms with van der Waals surface area (Å²) in [5, 5.41) is 10.3. The lowest BCUT2D eigenvalue weighted by Crippen LogP contribution is -2.48. The molecule has 1 aliphatic heterocycles. The predicted octanol–water partition coefficient (Wildman–Crippen LogP) is 3.77. The lowest BCUT2D eigenvalue weighted by atomic mass is 10.1. The second kappa shape index (κ2) is 9.82. The molecule has 1 aliphatic rings. The molecule has 0 bridgehead atoms. The highest BCUT2D eigenvalue weighted by Crippen LogP contribution is 2.34. The molecule has 1 heterocycles. The van der Waals surface area contributed by atoms with E-state index in [9.17, 15) is 32.8 Å². The van der Waals surface area contributed by atoms with Crippen LogP contribution in [0.2, 0.25) is 0 Å². The third-order valence-corrected chi connectivity index (χ3v) is 5.69. The van der Waals surface area contributed by atoms with Crippen molar-refractivity contribution in [2.45, 2.75) is 31.6 Å². The van der Waals surface area contributed by atoms with E-state index in [4.69, 9.17) is 9.47 Å². The summed E-state index contributed by atoms with van der Waals surface area (Å²) < 4.78 is 49.7. The van der Waals surface area contributed by atoms with Crippen molar-refractivity contribution < 1.29 is 42.2 Å². The minimum Gasteiger partial charge on any atom is -0.487 e. The first-order valence-corrected chi connectivity index (χ1v) is 10.5. The van der Waals surface area contributed by atoms with Gasteiger partial charge in [-0.2, -0.15) is 13.2 Å². The number of para-hydroxylation sites is 2. The zero-order valence-electron chi connectivity index (χ0n) is 19.2. The Bertz CT molecular complexity index is 1090. The zero-order chi connectivity index (χ0) is 26.0. The van der Waals surface area contributed by atoms with Crippen molar-refractivity contribution in [3.05, 3.63) is 54.1 Å². The van der Waals surface area contributed by atoms with E-state index < -0.39 is 35.3 Å². The Balaban J connectivity index is 1.74. The predicted molar refractivity (Wildman–Crippen MR) is 116 cm³/mol. The largest absolute Gasteiger partial charge is 0.487 e. The maximum Gasteiger partial charge on any atom is 0.416 e. The van der Waals surface area contributed by atoms with Gasteiger partial charge in [0.05, 0.1) is 12.1 Å². The normalized spacial score (nSPS) is 16.3. The van der Waals surface area contributed by atoms with Crippen LogP contribution in [0, 0.1) is 0 Å². The Morgan fingerprint density at radius 2 is 1.69 bits per heavy atom. The van der Waals surface area contributed by atoms with Crippen LogP contribution in [0.1, 0.15) is 19.4 Å². The Morgan fingerprint density at radius 3 is 2.20 bits per heavy atom. The number of amides is 4. The number of ether oxygens (including phenoxy) is 2. The van der Waals surface area contributed by atoms with Gasteiger partial charge in [-0.25, -0.2) is 9.86 Å². The van der Waals surface area contributed by atoms with Gasteiger partial charge in [0, 0.05) is 7.05 Å². The summed E-state index contributed by atoms with van der Waals surface area (Å²) in [7, 11) is 1.47. The lowest BCUT2D eigenvalue weighted by Gasteiger charge is -2.26. The van der Waals surface area contributed by atoms with Gasteiger partial charge in [-0.1, -0.05) is 12.1 Å². The second-order valence-electron chi connectivity index (χ2n) is 8.34. The maximum absolute atomic E-state index is 12.8. The van der Waals surface area contributed by atoms with E-state index in [0.717, 1.165) is 29.2 Å². The first kappa shape index (κ1) is 25.8. The summed E-state index contributed by atoms with van der Waals surface area (Å²) in [6.07, 6.45) is -4.36. The summed E-state index contributed by atoms with van der Waals surface area (Å²) in [5.41, 5.74) is -1.92. The van der Waals surface area contributed by atoms with Crippen molar-refractivity contribution >= 4 is 18.3 Å². The topological polar surface area (TPSA) is 99.6 Å². The van der Waals surface area contributed by atoms with Crippen LogP contribution in [0.15, 0.2) is 48.5 Å². The third kappa shape index (κ3) is 5.48. The van der Waals surface area contributed by atoms with Crippen LogP contribution in [0.25, 0.3) is 0 Å². The van der Waals surface area contributed by atoms with Crippen LogP contribution in [0.4, 0.5) is 18.0 Å². The zero-order valence-corrected chi connectivity index (χ0v) is 19.2. The van der Waals surface area contributed by atoms with E-state index in [-0.39, 0.29) is 36.8 Å². The minimum atomic E-state index is -4.48. The molecule has 1 fully saturated rings. The van der Waals surface area contributed by atoms with Gasteiger partial charge in [0.25, 0.3) is 5.91 Å². The first-order valence-electron chi connectivity index (χ1n) is 10.5. The van der Waals surface area contributed by atoms with Crippen LogP contribution >= 0.6 is 0 Å². The molecule has 2 aromatic rings. The number of likely N-dealkylation sites (N-methyl/N-ethyl adjacent to an activating group) is 1.